The van der Waals surface area contributed by atoms with Gasteiger partial charge in [0, 0.05) is 26.2 Å². The number of nitrogens with zero attached hydrogens (tertiary/aromatic N) is 3. The van der Waals surface area contributed by atoms with Crippen LogP contribution in [-0.4, -0.2) is 60.4 Å². The molecule has 1 aliphatic heterocycles. The normalized spacial score (nSPS) is 18.0. The molecule has 0 aliphatic carbocycles. The van der Waals surface area contributed by atoms with E-state index in [-0.39, 0.29) is 5.91 Å². The van der Waals surface area contributed by atoms with Gasteiger partial charge in [-0.3, -0.25) is 4.79 Å². The van der Waals surface area contributed by atoms with Gasteiger partial charge in [-0.15, -0.1) is 0 Å². The lowest BCUT2D eigenvalue weighted by Crippen LogP contribution is -2.43. The molecule has 1 aliphatic rings. The number of hydrogen-bond acceptors (Lipinski definition) is 5. The van der Waals surface area contributed by atoms with Crippen LogP contribution in [0.3, 0.4) is 0 Å². The van der Waals surface area contributed by atoms with Crippen LogP contribution in [0.25, 0.3) is 0 Å². The van der Waals surface area contributed by atoms with Crippen LogP contribution in [0.2, 0.25) is 0 Å². The van der Waals surface area contributed by atoms with Crippen molar-refractivity contribution in [2.24, 2.45) is 0 Å². The Balaban J connectivity index is 2.13. The zero-order valence-corrected chi connectivity index (χ0v) is 13.1. The number of nitrogens with one attached hydrogen (secondary N) is 1. The lowest BCUT2D eigenvalue weighted by molar-refractivity contribution is 0.0677. The van der Waals surface area contributed by atoms with E-state index < -0.39 is 0 Å². The fraction of sp³-hybridized carbons (Fsp3) is 0.667. The predicted octanol–water partition coefficient (Wildman–Crippen LogP) is 0.934. The molecule has 2 rings (SSSR count). The lowest BCUT2D eigenvalue weighted by atomic mass is 10.1. The van der Waals surface area contributed by atoms with E-state index in [1.807, 2.05) is 24.8 Å². The van der Waals surface area contributed by atoms with Crippen molar-refractivity contribution in [3.63, 3.8) is 0 Å². The molecule has 1 aromatic heterocycles. The van der Waals surface area contributed by atoms with Gasteiger partial charge in [0.25, 0.3) is 5.91 Å². The molecule has 0 aromatic carbocycles. The summed E-state index contributed by atoms with van der Waals surface area (Å²) >= 11 is 0. The second-order valence-corrected chi connectivity index (χ2v) is 5.52. The first-order valence-electron chi connectivity index (χ1n) is 7.44. The van der Waals surface area contributed by atoms with E-state index in [1.54, 1.807) is 7.11 Å². The van der Waals surface area contributed by atoms with Gasteiger partial charge in [0.1, 0.15) is 0 Å². The molecule has 0 bridgehead atoms. The molecule has 1 saturated heterocycles. The van der Waals surface area contributed by atoms with Crippen molar-refractivity contribution in [3.8, 4) is 0 Å². The number of hydrogen-bond donors (Lipinski definition) is 1. The van der Waals surface area contributed by atoms with Crippen molar-refractivity contribution in [1.29, 1.82) is 0 Å². The molecule has 116 valence electrons. The number of methoxy groups -OCH3 is 1. The smallest absolute Gasteiger partial charge is 0.255 e. The molecule has 1 atom stereocenters. The van der Waals surface area contributed by atoms with Gasteiger partial charge in [-0.1, -0.05) is 0 Å². The minimum atomic E-state index is 0.0104. The second kappa shape index (κ2) is 7.47. The second-order valence-electron chi connectivity index (χ2n) is 5.52. The van der Waals surface area contributed by atoms with E-state index in [9.17, 15) is 4.79 Å². The average Bonchev–Trinajstić information content (AvgIpc) is 2.98. The highest BCUT2D eigenvalue weighted by atomic mass is 16.5. The van der Waals surface area contributed by atoms with E-state index >= 15 is 0 Å². The number of amides is 1. The number of carbonyl (C=O) groups excluding carboxylic acids is 1. The van der Waals surface area contributed by atoms with Crippen LogP contribution in [0.15, 0.2) is 6.07 Å². The molecule has 1 fully saturated rings. The van der Waals surface area contributed by atoms with Crippen molar-refractivity contribution in [1.82, 2.24) is 20.4 Å². The molecule has 1 aromatic rings. The number of rotatable bonds is 6. The van der Waals surface area contributed by atoms with Crippen molar-refractivity contribution in [2.75, 3.05) is 33.4 Å². The third-order valence-corrected chi connectivity index (χ3v) is 3.79. The third-order valence-electron chi connectivity index (χ3n) is 3.79. The van der Waals surface area contributed by atoms with Gasteiger partial charge in [-0.05, 0) is 39.3 Å². The summed E-state index contributed by atoms with van der Waals surface area (Å²) in [6.07, 6.45) is 2.29. The fourth-order valence-corrected chi connectivity index (χ4v) is 2.59. The lowest BCUT2D eigenvalue weighted by Gasteiger charge is -2.26. The first-order chi connectivity index (χ1) is 10.1. The molecule has 0 spiro atoms. The topological polar surface area (TPSA) is 67.3 Å². The van der Waals surface area contributed by atoms with Crippen molar-refractivity contribution in [2.45, 2.75) is 32.7 Å². The largest absolute Gasteiger partial charge is 0.383 e. The summed E-state index contributed by atoms with van der Waals surface area (Å²) in [5.41, 5.74) is 2.07. The van der Waals surface area contributed by atoms with E-state index in [2.05, 4.69) is 15.5 Å². The monoisotopic (exact) mass is 292 g/mol. The van der Waals surface area contributed by atoms with Crippen LogP contribution in [-0.2, 0) is 4.74 Å². The Kier molecular flexibility index (Phi) is 5.64. The Hall–Kier alpha value is -1.53. The third kappa shape index (κ3) is 4.22. The molecule has 1 amide bonds. The van der Waals surface area contributed by atoms with Gasteiger partial charge in [0.05, 0.1) is 23.6 Å². The van der Waals surface area contributed by atoms with Gasteiger partial charge in [-0.25, -0.2) is 0 Å². The summed E-state index contributed by atoms with van der Waals surface area (Å²) in [5.74, 6) is 0.0104. The van der Waals surface area contributed by atoms with E-state index in [4.69, 9.17) is 4.74 Å². The standard InChI is InChI=1S/C15H24N4O2/c1-11-9-14(12(2)18-17-11)15(20)19(7-8-21-3)10-13-5-4-6-16-13/h9,13,16H,4-8,10H2,1-3H3. The molecule has 21 heavy (non-hydrogen) atoms. The Bertz CT molecular complexity index is 487. The fourth-order valence-electron chi connectivity index (χ4n) is 2.59. The van der Waals surface area contributed by atoms with Crippen LogP contribution >= 0.6 is 0 Å². The maximum Gasteiger partial charge on any atom is 0.255 e. The van der Waals surface area contributed by atoms with Crippen molar-refractivity contribution < 1.29 is 9.53 Å². The van der Waals surface area contributed by atoms with Gasteiger partial charge < -0.3 is 15.0 Å². The molecule has 0 radical (unpaired) electrons. The van der Waals surface area contributed by atoms with Gasteiger partial charge >= 0.3 is 0 Å². The maximum atomic E-state index is 12.8. The summed E-state index contributed by atoms with van der Waals surface area (Å²) in [6.45, 7) is 6.54. The number of aromatic nitrogens is 2. The zero-order chi connectivity index (χ0) is 15.2. The average molecular weight is 292 g/mol. The molecular weight excluding hydrogens is 268 g/mol. The van der Waals surface area contributed by atoms with Crippen LogP contribution < -0.4 is 5.32 Å². The van der Waals surface area contributed by atoms with E-state index in [0.29, 0.717) is 37.0 Å². The van der Waals surface area contributed by atoms with E-state index in [0.717, 1.165) is 18.7 Å². The van der Waals surface area contributed by atoms with Crippen LogP contribution in [0, 0.1) is 13.8 Å². The molecule has 1 N–H and O–H groups in total. The van der Waals surface area contributed by atoms with Crippen molar-refractivity contribution in [3.05, 3.63) is 23.0 Å². The van der Waals surface area contributed by atoms with Crippen LogP contribution in [0.4, 0.5) is 0 Å². The van der Waals surface area contributed by atoms with Crippen LogP contribution in [0.1, 0.15) is 34.6 Å². The van der Waals surface area contributed by atoms with E-state index in [1.165, 1.54) is 6.42 Å². The highest BCUT2D eigenvalue weighted by Gasteiger charge is 2.23. The molecule has 2 heterocycles. The number of carbonyl (C=O) groups is 1. The maximum absolute atomic E-state index is 12.8. The van der Waals surface area contributed by atoms with Gasteiger partial charge in [0.2, 0.25) is 0 Å². The predicted molar refractivity (Wildman–Crippen MR) is 80.3 cm³/mol. The minimum Gasteiger partial charge on any atom is -0.383 e. The Morgan fingerprint density at radius 3 is 2.95 bits per heavy atom. The molecule has 0 saturated carbocycles. The Morgan fingerprint density at radius 1 is 1.48 bits per heavy atom. The van der Waals surface area contributed by atoms with Crippen molar-refractivity contribution >= 4 is 5.91 Å². The van der Waals surface area contributed by atoms with Gasteiger partial charge in [-0.2, -0.15) is 10.2 Å². The van der Waals surface area contributed by atoms with Gasteiger partial charge in [0.15, 0.2) is 0 Å². The summed E-state index contributed by atoms with van der Waals surface area (Å²) in [4.78, 5) is 14.6. The quantitative estimate of drug-likeness (QED) is 0.845. The summed E-state index contributed by atoms with van der Waals surface area (Å²) in [6, 6.07) is 2.19. The first-order valence-corrected chi connectivity index (χ1v) is 7.44. The molecule has 1 unspecified atom stereocenters. The SMILES string of the molecule is COCCN(CC1CCCN1)C(=O)c1cc(C)nnc1C. The van der Waals surface area contributed by atoms with Crippen LogP contribution in [0.5, 0.6) is 0 Å². The minimum absolute atomic E-state index is 0.0104. The zero-order valence-electron chi connectivity index (χ0n) is 13.1. The Morgan fingerprint density at radius 2 is 2.29 bits per heavy atom. The first kappa shape index (κ1) is 15.9. The summed E-state index contributed by atoms with van der Waals surface area (Å²) in [5, 5.41) is 11.5. The summed E-state index contributed by atoms with van der Waals surface area (Å²) in [7, 11) is 1.65. The molecular formula is C15H24N4O2. The Labute approximate surface area is 125 Å². The molecule has 6 heteroatoms. The highest BCUT2D eigenvalue weighted by molar-refractivity contribution is 5.95. The summed E-state index contributed by atoms with van der Waals surface area (Å²) < 4.78 is 5.13. The highest BCUT2D eigenvalue weighted by Crippen LogP contribution is 2.13. The molecule has 6 nitrogen and oxygen atoms in total. The number of aryl methyl sites for hydroxylation is 2. The number of ether oxygens (including phenoxy) is 1.